The van der Waals surface area contributed by atoms with Crippen molar-refractivity contribution < 1.29 is 8.42 Å². The van der Waals surface area contributed by atoms with Crippen molar-refractivity contribution in [3.8, 4) is 0 Å². The number of aromatic nitrogens is 2. The number of sulfonamides is 1. The van der Waals surface area contributed by atoms with E-state index in [-0.39, 0.29) is 4.90 Å². The van der Waals surface area contributed by atoms with E-state index in [1.54, 1.807) is 23.6 Å². The average molecular weight is 308 g/mol. The number of nitrogen functional groups attached to an aromatic ring is 1. The van der Waals surface area contributed by atoms with E-state index in [0.717, 1.165) is 5.69 Å². The van der Waals surface area contributed by atoms with Gasteiger partial charge in [-0.2, -0.15) is 0 Å². The third kappa shape index (κ3) is 2.23. The molecule has 0 saturated carbocycles. The maximum atomic E-state index is 12.4. The number of nitrogens with two attached hydrogens (primary N) is 1. The summed E-state index contributed by atoms with van der Waals surface area (Å²) in [7, 11) is -3.67. The fraction of sp³-hybridized carbons (Fsp3) is 0.0833. The lowest BCUT2D eigenvalue weighted by Gasteiger charge is -2.03. The molecule has 2 heterocycles. The second-order valence-corrected chi connectivity index (χ2v) is 6.87. The van der Waals surface area contributed by atoms with Gasteiger partial charge in [-0.1, -0.05) is 0 Å². The lowest BCUT2D eigenvalue weighted by atomic mass is 10.2. The van der Waals surface area contributed by atoms with Gasteiger partial charge in [0.1, 0.15) is 4.90 Å². The molecule has 0 atom stereocenters. The van der Waals surface area contributed by atoms with E-state index < -0.39 is 10.0 Å². The van der Waals surface area contributed by atoms with E-state index >= 15 is 0 Å². The molecule has 6 nitrogen and oxygen atoms in total. The Morgan fingerprint density at radius 3 is 2.90 bits per heavy atom. The molecule has 0 saturated heterocycles. The van der Waals surface area contributed by atoms with Gasteiger partial charge < -0.3 is 10.7 Å². The average Bonchev–Trinajstić information content (AvgIpc) is 2.94. The monoisotopic (exact) mass is 308 g/mol. The van der Waals surface area contributed by atoms with Gasteiger partial charge in [0, 0.05) is 28.2 Å². The van der Waals surface area contributed by atoms with Crippen LogP contribution in [0.4, 0.5) is 10.8 Å². The Bertz CT molecular complexity index is 880. The number of aryl methyl sites for hydroxylation is 1. The van der Waals surface area contributed by atoms with Crippen LogP contribution >= 0.6 is 11.3 Å². The van der Waals surface area contributed by atoms with Crippen LogP contribution in [-0.4, -0.2) is 18.4 Å². The number of nitrogens with one attached hydrogen (secondary N) is 2. The summed E-state index contributed by atoms with van der Waals surface area (Å²) in [5.41, 5.74) is 7.71. The molecular formula is C12H12N4O2S2. The van der Waals surface area contributed by atoms with Crippen LogP contribution in [0.5, 0.6) is 0 Å². The number of H-pyrrole nitrogens is 1. The highest BCUT2D eigenvalue weighted by Gasteiger charge is 2.20. The third-order valence-electron chi connectivity index (χ3n) is 2.80. The van der Waals surface area contributed by atoms with Gasteiger partial charge >= 0.3 is 0 Å². The fourth-order valence-corrected chi connectivity index (χ4v) is 4.03. The predicted molar refractivity (Wildman–Crippen MR) is 80.4 cm³/mol. The molecule has 104 valence electrons. The molecule has 3 rings (SSSR count). The highest BCUT2D eigenvalue weighted by Crippen LogP contribution is 2.27. The van der Waals surface area contributed by atoms with Crippen molar-refractivity contribution >= 4 is 43.1 Å². The Balaban J connectivity index is 2.05. The molecule has 3 aromatic rings. The Kier molecular flexibility index (Phi) is 2.91. The van der Waals surface area contributed by atoms with E-state index in [4.69, 9.17) is 5.73 Å². The second-order valence-electron chi connectivity index (χ2n) is 4.36. The first-order valence-electron chi connectivity index (χ1n) is 5.77. The van der Waals surface area contributed by atoms with Crippen LogP contribution in [0.1, 0.15) is 5.69 Å². The van der Waals surface area contributed by atoms with Crippen LogP contribution in [0.15, 0.2) is 34.7 Å². The van der Waals surface area contributed by atoms with Crippen molar-refractivity contribution in [3.05, 3.63) is 35.5 Å². The van der Waals surface area contributed by atoms with Gasteiger partial charge in [0.15, 0.2) is 5.13 Å². The van der Waals surface area contributed by atoms with E-state index in [2.05, 4.69) is 14.7 Å². The van der Waals surface area contributed by atoms with Crippen molar-refractivity contribution in [1.29, 1.82) is 0 Å². The van der Waals surface area contributed by atoms with Gasteiger partial charge in [0.05, 0.1) is 5.69 Å². The minimum absolute atomic E-state index is 0.181. The van der Waals surface area contributed by atoms with Gasteiger partial charge in [-0.25, -0.2) is 13.4 Å². The van der Waals surface area contributed by atoms with Gasteiger partial charge in [0.2, 0.25) is 0 Å². The number of aromatic amines is 1. The second kappa shape index (κ2) is 4.50. The van der Waals surface area contributed by atoms with Gasteiger partial charge in [0.25, 0.3) is 10.0 Å². The molecule has 0 fully saturated rings. The van der Waals surface area contributed by atoms with Crippen LogP contribution in [0.3, 0.4) is 0 Å². The summed E-state index contributed by atoms with van der Waals surface area (Å²) in [6, 6.07) is 5.05. The number of benzene rings is 1. The molecule has 1 aromatic carbocycles. The van der Waals surface area contributed by atoms with Crippen molar-refractivity contribution in [2.24, 2.45) is 0 Å². The minimum atomic E-state index is -3.67. The van der Waals surface area contributed by atoms with E-state index in [1.165, 1.54) is 17.5 Å². The topological polar surface area (TPSA) is 101 Å². The number of rotatable bonds is 3. The van der Waals surface area contributed by atoms with Crippen LogP contribution in [-0.2, 0) is 10.0 Å². The van der Waals surface area contributed by atoms with E-state index in [1.807, 2.05) is 6.92 Å². The summed E-state index contributed by atoms with van der Waals surface area (Å²) in [4.78, 5) is 7.19. The standard InChI is InChI=1S/C12H12N4O2S2/c1-7-6-19-12(15-7)16-20(17,18)11-5-14-10-4-8(13)2-3-9(10)11/h2-6,14H,13H2,1H3,(H,15,16). The normalized spacial score (nSPS) is 11.8. The Hall–Kier alpha value is -2.06. The molecule has 0 aliphatic rings. The number of hydrogen-bond acceptors (Lipinski definition) is 5. The summed E-state index contributed by atoms with van der Waals surface area (Å²) in [5.74, 6) is 0. The van der Waals surface area contributed by atoms with Crippen LogP contribution in [0.2, 0.25) is 0 Å². The highest BCUT2D eigenvalue weighted by atomic mass is 32.2. The molecule has 2 aromatic heterocycles. The van der Waals surface area contributed by atoms with Crippen LogP contribution < -0.4 is 10.5 Å². The Morgan fingerprint density at radius 2 is 2.20 bits per heavy atom. The smallest absolute Gasteiger partial charge is 0.265 e. The SMILES string of the molecule is Cc1csc(NS(=O)(=O)c2c[nH]c3cc(N)ccc23)n1. The molecule has 0 spiro atoms. The van der Waals surface area contributed by atoms with E-state index in [9.17, 15) is 8.42 Å². The quantitative estimate of drug-likeness (QED) is 0.646. The molecule has 0 aliphatic carbocycles. The molecule has 0 amide bonds. The van der Waals surface area contributed by atoms with Gasteiger partial charge in [-0.05, 0) is 25.1 Å². The Morgan fingerprint density at radius 1 is 1.40 bits per heavy atom. The van der Waals surface area contributed by atoms with Gasteiger partial charge in [-0.3, -0.25) is 4.72 Å². The first-order valence-corrected chi connectivity index (χ1v) is 8.13. The number of anilines is 2. The Labute approximate surface area is 119 Å². The summed E-state index contributed by atoms with van der Waals surface area (Å²) in [5, 5.41) is 2.74. The van der Waals surface area contributed by atoms with Crippen molar-refractivity contribution in [3.63, 3.8) is 0 Å². The van der Waals surface area contributed by atoms with Crippen LogP contribution in [0.25, 0.3) is 10.9 Å². The molecule has 4 N–H and O–H groups in total. The predicted octanol–water partition coefficient (Wildman–Crippen LogP) is 2.32. The maximum Gasteiger partial charge on any atom is 0.265 e. The number of nitrogens with zero attached hydrogens (tertiary/aromatic N) is 1. The zero-order valence-corrected chi connectivity index (χ0v) is 12.2. The highest BCUT2D eigenvalue weighted by molar-refractivity contribution is 7.93. The molecule has 0 aliphatic heterocycles. The summed E-state index contributed by atoms with van der Waals surface area (Å²) in [6.07, 6.45) is 1.45. The molecular weight excluding hydrogens is 296 g/mol. The summed E-state index contributed by atoms with van der Waals surface area (Å²) in [6.45, 7) is 1.81. The first kappa shape index (κ1) is 12.9. The lowest BCUT2D eigenvalue weighted by Crippen LogP contribution is -2.12. The summed E-state index contributed by atoms with van der Waals surface area (Å²) >= 11 is 1.25. The van der Waals surface area contributed by atoms with E-state index in [0.29, 0.717) is 21.7 Å². The lowest BCUT2D eigenvalue weighted by molar-refractivity contribution is 0.602. The minimum Gasteiger partial charge on any atom is -0.399 e. The zero-order valence-electron chi connectivity index (χ0n) is 10.5. The first-order chi connectivity index (χ1) is 9.45. The van der Waals surface area contributed by atoms with Crippen molar-refractivity contribution in [2.75, 3.05) is 10.5 Å². The zero-order chi connectivity index (χ0) is 14.3. The maximum absolute atomic E-state index is 12.4. The molecule has 0 unspecified atom stereocenters. The molecule has 0 bridgehead atoms. The van der Waals surface area contributed by atoms with Crippen molar-refractivity contribution in [2.45, 2.75) is 11.8 Å². The van der Waals surface area contributed by atoms with Crippen molar-refractivity contribution in [1.82, 2.24) is 9.97 Å². The fourth-order valence-electron chi connectivity index (χ4n) is 1.91. The largest absolute Gasteiger partial charge is 0.399 e. The summed E-state index contributed by atoms with van der Waals surface area (Å²) < 4.78 is 27.2. The third-order valence-corrected chi connectivity index (χ3v) is 5.18. The molecule has 0 radical (unpaired) electrons. The van der Waals surface area contributed by atoms with Gasteiger partial charge in [-0.15, -0.1) is 11.3 Å². The molecule has 20 heavy (non-hydrogen) atoms. The number of thiazole rings is 1. The number of fused-ring (bicyclic) bond motifs is 1. The number of hydrogen-bond donors (Lipinski definition) is 3. The van der Waals surface area contributed by atoms with Crippen LogP contribution in [0, 0.1) is 6.92 Å². The molecule has 8 heteroatoms.